The fourth-order valence-corrected chi connectivity index (χ4v) is 2.56. The number of aromatic nitrogens is 2. The lowest BCUT2D eigenvalue weighted by molar-refractivity contribution is 0.0953. The lowest BCUT2D eigenvalue weighted by atomic mass is 10.1. The van der Waals surface area contributed by atoms with Crippen molar-refractivity contribution in [3.8, 4) is 5.75 Å². The molecule has 3 rings (SSSR count). The van der Waals surface area contributed by atoms with Gasteiger partial charge in [0, 0.05) is 24.6 Å². The Balaban J connectivity index is 1.52. The minimum Gasteiger partial charge on any atom is -0.497 e. The van der Waals surface area contributed by atoms with Crippen molar-refractivity contribution in [3.63, 3.8) is 0 Å². The number of methoxy groups -OCH3 is 1. The molecule has 3 aromatic rings. The van der Waals surface area contributed by atoms with Gasteiger partial charge in [0.1, 0.15) is 5.75 Å². The second-order valence-electron chi connectivity index (χ2n) is 6.09. The van der Waals surface area contributed by atoms with E-state index >= 15 is 0 Å². The van der Waals surface area contributed by atoms with E-state index in [4.69, 9.17) is 4.74 Å². The van der Waals surface area contributed by atoms with Crippen molar-refractivity contribution in [3.05, 3.63) is 77.6 Å². The molecule has 0 spiro atoms. The maximum atomic E-state index is 12.2. The minimum atomic E-state index is -0.189. The molecule has 0 saturated heterocycles. The van der Waals surface area contributed by atoms with Crippen LogP contribution < -0.4 is 15.4 Å². The van der Waals surface area contributed by atoms with Crippen LogP contribution in [0.15, 0.2) is 60.9 Å². The van der Waals surface area contributed by atoms with Crippen molar-refractivity contribution in [2.45, 2.75) is 13.3 Å². The van der Waals surface area contributed by atoms with Crippen LogP contribution in [0.3, 0.4) is 0 Å². The first kappa shape index (κ1) is 18.4. The largest absolute Gasteiger partial charge is 0.497 e. The van der Waals surface area contributed by atoms with Gasteiger partial charge in [-0.15, -0.1) is 0 Å². The number of ether oxygens (including phenoxy) is 1. The van der Waals surface area contributed by atoms with Crippen LogP contribution in [-0.4, -0.2) is 29.5 Å². The number of hydrogen-bond donors (Lipinski definition) is 2. The molecule has 27 heavy (non-hydrogen) atoms. The van der Waals surface area contributed by atoms with E-state index < -0.39 is 0 Å². The number of hydrogen-bond acceptors (Lipinski definition) is 5. The van der Waals surface area contributed by atoms with E-state index in [-0.39, 0.29) is 5.91 Å². The Bertz CT molecular complexity index is 893. The second kappa shape index (κ2) is 8.80. The minimum absolute atomic E-state index is 0.189. The van der Waals surface area contributed by atoms with Crippen molar-refractivity contribution >= 4 is 17.5 Å². The first-order valence-corrected chi connectivity index (χ1v) is 8.71. The van der Waals surface area contributed by atoms with Gasteiger partial charge in [-0.1, -0.05) is 30.3 Å². The van der Waals surface area contributed by atoms with Crippen LogP contribution in [0.25, 0.3) is 0 Å². The van der Waals surface area contributed by atoms with E-state index in [0.29, 0.717) is 18.1 Å². The average molecular weight is 362 g/mol. The van der Waals surface area contributed by atoms with Crippen LogP contribution in [0, 0.1) is 6.92 Å². The van der Waals surface area contributed by atoms with Crippen molar-refractivity contribution in [1.29, 1.82) is 0 Å². The highest BCUT2D eigenvalue weighted by Crippen LogP contribution is 2.17. The van der Waals surface area contributed by atoms with Gasteiger partial charge in [-0.05, 0) is 42.7 Å². The molecule has 0 aliphatic carbocycles. The predicted molar refractivity (Wildman–Crippen MR) is 106 cm³/mol. The molecule has 1 aromatic heterocycles. The third-order valence-electron chi connectivity index (χ3n) is 4.16. The van der Waals surface area contributed by atoms with Crippen molar-refractivity contribution in [2.24, 2.45) is 0 Å². The molecule has 6 heteroatoms. The summed E-state index contributed by atoms with van der Waals surface area (Å²) in [5.41, 5.74) is 3.60. The van der Waals surface area contributed by atoms with Gasteiger partial charge in [-0.3, -0.25) is 4.79 Å². The molecule has 1 amide bonds. The number of nitrogens with zero attached hydrogens (tertiary/aromatic N) is 2. The van der Waals surface area contributed by atoms with Gasteiger partial charge in [-0.2, -0.15) is 0 Å². The molecule has 2 N–H and O–H groups in total. The summed E-state index contributed by atoms with van der Waals surface area (Å²) in [4.78, 5) is 20.7. The van der Waals surface area contributed by atoms with Crippen molar-refractivity contribution in [1.82, 2.24) is 15.3 Å². The lowest BCUT2D eigenvalue weighted by Crippen LogP contribution is -2.26. The Labute approximate surface area is 158 Å². The Morgan fingerprint density at radius 1 is 1.04 bits per heavy atom. The summed E-state index contributed by atoms with van der Waals surface area (Å²) in [6, 6.07) is 15.7. The Morgan fingerprint density at radius 3 is 2.41 bits per heavy atom. The maximum absolute atomic E-state index is 12.2. The average Bonchev–Trinajstić information content (AvgIpc) is 2.71. The SMILES string of the molecule is COc1ccc(CCNC(=O)c2cnc(Nc3ccccc3C)nc2)cc1. The fraction of sp³-hybridized carbons (Fsp3) is 0.190. The first-order chi connectivity index (χ1) is 13.2. The number of aryl methyl sites for hydroxylation is 1. The zero-order chi connectivity index (χ0) is 19.1. The number of amides is 1. The van der Waals surface area contributed by atoms with E-state index in [1.807, 2.05) is 55.5 Å². The molecule has 0 atom stereocenters. The zero-order valence-corrected chi connectivity index (χ0v) is 15.4. The van der Waals surface area contributed by atoms with Crippen LogP contribution in [0.1, 0.15) is 21.5 Å². The van der Waals surface area contributed by atoms with Gasteiger partial charge < -0.3 is 15.4 Å². The molecular weight excluding hydrogens is 340 g/mol. The van der Waals surface area contributed by atoms with Gasteiger partial charge in [-0.25, -0.2) is 9.97 Å². The topological polar surface area (TPSA) is 76.1 Å². The summed E-state index contributed by atoms with van der Waals surface area (Å²) < 4.78 is 5.13. The van der Waals surface area contributed by atoms with Gasteiger partial charge in [0.05, 0.1) is 12.7 Å². The first-order valence-electron chi connectivity index (χ1n) is 8.71. The molecular formula is C21H22N4O2. The molecule has 0 bridgehead atoms. The highest BCUT2D eigenvalue weighted by Gasteiger charge is 2.07. The molecule has 0 fully saturated rings. The molecule has 0 unspecified atom stereocenters. The number of anilines is 2. The van der Waals surface area contributed by atoms with E-state index in [1.165, 1.54) is 12.4 Å². The van der Waals surface area contributed by atoms with E-state index in [1.54, 1.807) is 7.11 Å². The molecule has 0 aliphatic heterocycles. The summed E-state index contributed by atoms with van der Waals surface area (Å²) >= 11 is 0. The van der Waals surface area contributed by atoms with Crippen molar-refractivity contribution < 1.29 is 9.53 Å². The quantitative estimate of drug-likeness (QED) is 0.673. The number of para-hydroxylation sites is 1. The molecule has 0 aliphatic rings. The Hall–Kier alpha value is -3.41. The highest BCUT2D eigenvalue weighted by molar-refractivity contribution is 5.93. The summed E-state index contributed by atoms with van der Waals surface area (Å²) in [7, 11) is 1.64. The van der Waals surface area contributed by atoms with E-state index in [0.717, 1.165) is 29.0 Å². The Morgan fingerprint density at radius 2 is 1.74 bits per heavy atom. The molecule has 138 valence electrons. The summed E-state index contributed by atoms with van der Waals surface area (Å²) in [6.45, 7) is 2.54. The van der Waals surface area contributed by atoms with Gasteiger partial charge in [0.25, 0.3) is 5.91 Å². The third-order valence-corrected chi connectivity index (χ3v) is 4.16. The van der Waals surface area contributed by atoms with Crippen LogP contribution in [-0.2, 0) is 6.42 Å². The van der Waals surface area contributed by atoms with E-state index in [2.05, 4.69) is 20.6 Å². The van der Waals surface area contributed by atoms with Crippen LogP contribution in [0.4, 0.5) is 11.6 Å². The van der Waals surface area contributed by atoms with Crippen LogP contribution in [0.5, 0.6) is 5.75 Å². The second-order valence-corrected chi connectivity index (χ2v) is 6.09. The standard InChI is InChI=1S/C21H22N4O2/c1-15-5-3-4-6-19(15)25-21-23-13-17(14-24-21)20(26)22-12-11-16-7-9-18(27-2)10-8-16/h3-10,13-14H,11-12H2,1-2H3,(H,22,26)(H,23,24,25). The van der Waals surface area contributed by atoms with Gasteiger partial charge >= 0.3 is 0 Å². The van der Waals surface area contributed by atoms with Gasteiger partial charge in [0.15, 0.2) is 0 Å². The smallest absolute Gasteiger partial charge is 0.254 e. The molecule has 2 aromatic carbocycles. The molecule has 0 saturated carbocycles. The number of carbonyl (C=O) groups excluding carboxylic acids is 1. The number of rotatable bonds is 7. The lowest BCUT2D eigenvalue weighted by Gasteiger charge is -2.08. The number of carbonyl (C=O) groups is 1. The molecule has 0 radical (unpaired) electrons. The van der Waals surface area contributed by atoms with Crippen LogP contribution >= 0.6 is 0 Å². The number of benzene rings is 2. The Kier molecular flexibility index (Phi) is 5.99. The molecule has 1 heterocycles. The monoisotopic (exact) mass is 362 g/mol. The van der Waals surface area contributed by atoms with E-state index in [9.17, 15) is 4.79 Å². The predicted octanol–water partition coefficient (Wildman–Crippen LogP) is 3.51. The van der Waals surface area contributed by atoms with Crippen LogP contribution in [0.2, 0.25) is 0 Å². The molecule has 6 nitrogen and oxygen atoms in total. The fourth-order valence-electron chi connectivity index (χ4n) is 2.56. The van der Waals surface area contributed by atoms with Gasteiger partial charge in [0.2, 0.25) is 5.95 Å². The highest BCUT2D eigenvalue weighted by atomic mass is 16.5. The summed E-state index contributed by atoms with van der Waals surface area (Å²) in [6.07, 6.45) is 3.79. The van der Waals surface area contributed by atoms with Crippen molar-refractivity contribution in [2.75, 3.05) is 19.0 Å². The summed E-state index contributed by atoms with van der Waals surface area (Å²) in [5, 5.41) is 6.03. The maximum Gasteiger partial charge on any atom is 0.254 e. The number of nitrogens with one attached hydrogen (secondary N) is 2. The summed E-state index contributed by atoms with van der Waals surface area (Å²) in [5.74, 6) is 1.09. The zero-order valence-electron chi connectivity index (χ0n) is 15.4. The normalized spacial score (nSPS) is 10.3. The third kappa shape index (κ3) is 5.04.